The topological polar surface area (TPSA) is 17.8 Å². The van der Waals surface area contributed by atoms with Crippen LogP contribution in [0.1, 0.15) is 39.4 Å². The summed E-state index contributed by atoms with van der Waals surface area (Å²) in [7, 11) is 0. The molecule has 0 aliphatic carbocycles. The van der Waals surface area contributed by atoms with Crippen molar-refractivity contribution in [3.05, 3.63) is 28.8 Å². The third-order valence-electron chi connectivity index (χ3n) is 3.95. The van der Waals surface area contributed by atoms with Gasteiger partial charge in [0.25, 0.3) is 0 Å². The molecule has 0 amide bonds. The van der Waals surface area contributed by atoms with Gasteiger partial charge in [0.2, 0.25) is 0 Å². The molecule has 0 radical (unpaired) electrons. The lowest BCUT2D eigenvalue weighted by molar-refractivity contribution is 0.296. The number of halogens is 3. The van der Waals surface area contributed by atoms with Crippen molar-refractivity contribution < 1.29 is 4.39 Å². The normalized spacial score (nSPS) is 12.3. The monoisotopic (exact) mass is 302 g/mol. The SMILES string of the molecule is CCC(C)(CC)n1c(CCl)nc2cc(Cl)c(F)cc21. The summed E-state index contributed by atoms with van der Waals surface area (Å²) in [5.41, 5.74) is 1.32. The molecule has 1 heterocycles. The van der Waals surface area contributed by atoms with Gasteiger partial charge >= 0.3 is 0 Å². The number of hydrogen-bond donors (Lipinski definition) is 0. The van der Waals surface area contributed by atoms with Crippen LogP contribution in [0.25, 0.3) is 11.0 Å². The molecule has 0 aliphatic heterocycles. The largest absolute Gasteiger partial charge is 0.321 e. The van der Waals surface area contributed by atoms with Gasteiger partial charge in [-0.05, 0) is 25.8 Å². The van der Waals surface area contributed by atoms with E-state index in [2.05, 4.69) is 30.3 Å². The molecule has 2 nitrogen and oxygen atoms in total. The zero-order valence-electron chi connectivity index (χ0n) is 11.3. The molecular weight excluding hydrogens is 286 g/mol. The number of nitrogens with zero attached hydrogens (tertiary/aromatic N) is 2. The Kier molecular flexibility index (Phi) is 4.07. The van der Waals surface area contributed by atoms with Gasteiger partial charge in [0, 0.05) is 11.6 Å². The number of benzene rings is 1. The van der Waals surface area contributed by atoms with Gasteiger partial charge in [-0.2, -0.15) is 0 Å². The second kappa shape index (κ2) is 5.29. The van der Waals surface area contributed by atoms with E-state index in [1.807, 2.05) is 0 Å². The van der Waals surface area contributed by atoms with Crippen LogP contribution >= 0.6 is 23.2 Å². The number of alkyl halides is 1. The first kappa shape index (κ1) is 14.6. The van der Waals surface area contributed by atoms with Gasteiger partial charge in [0.1, 0.15) is 11.6 Å². The molecular formula is C14H17Cl2FN2. The van der Waals surface area contributed by atoms with Crippen LogP contribution in [0.2, 0.25) is 5.02 Å². The van der Waals surface area contributed by atoms with Gasteiger partial charge in [-0.3, -0.25) is 0 Å². The van der Waals surface area contributed by atoms with Crippen LogP contribution in [0.4, 0.5) is 4.39 Å². The lowest BCUT2D eigenvalue weighted by Crippen LogP contribution is -2.29. The summed E-state index contributed by atoms with van der Waals surface area (Å²) < 4.78 is 15.8. The van der Waals surface area contributed by atoms with E-state index in [0.29, 0.717) is 11.4 Å². The summed E-state index contributed by atoms with van der Waals surface area (Å²) >= 11 is 11.8. The Balaban J connectivity index is 2.80. The Hall–Kier alpha value is -0.800. The van der Waals surface area contributed by atoms with Crippen LogP contribution in [0.15, 0.2) is 12.1 Å². The van der Waals surface area contributed by atoms with Crippen LogP contribution < -0.4 is 0 Å². The van der Waals surface area contributed by atoms with Crippen molar-refractivity contribution >= 4 is 34.2 Å². The van der Waals surface area contributed by atoms with E-state index in [-0.39, 0.29) is 10.6 Å². The Morgan fingerprint density at radius 3 is 2.47 bits per heavy atom. The number of hydrogen-bond acceptors (Lipinski definition) is 1. The predicted molar refractivity (Wildman–Crippen MR) is 78.5 cm³/mol. The summed E-state index contributed by atoms with van der Waals surface area (Å²) in [6, 6.07) is 3.01. The molecule has 0 fully saturated rings. The minimum absolute atomic E-state index is 0.0907. The summed E-state index contributed by atoms with van der Waals surface area (Å²) in [6.45, 7) is 6.36. The lowest BCUT2D eigenvalue weighted by atomic mass is 9.94. The van der Waals surface area contributed by atoms with E-state index < -0.39 is 5.82 Å². The van der Waals surface area contributed by atoms with E-state index in [9.17, 15) is 4.39 Å². The van der Waals surface area contributed by atoms with E-state index in [4.69, 9.17) is 23.2 Å². The molecule has 19 heavy (non-hydrogen) atoms. The second-order valence-corrected chi connectivity index (χ2v) is 5.63. The van der Waals surface area contributed by atoms with Crippen molar-refractivity contribution in [1.29, 1.82) is 0 Å². The summed E-state index contributed by atoms with van der Waals surface area (Å²) in [4.78, 5) is 4.48. The molecule has 0 aliphatic rings. The maximum Gasteiger partial charge on any atom is 0.144 e. The zero-order chi connectivity index (χ0) is 14.2. The van der Waals surface area contributed by atoms with Gasteiger partial charge in [-0.15, -0.1) is 11.6 Å². The van der Waals surface area contributed by atoms with Crippen molar-refractivity contribution in [2.24, 2.45) is 0 Å². The predicted octanol–water partition coefficient (Wildman–Crippen LogP) is 5.10. The third kappa shape index (κ3) is 2.34. The van der Waals surface area contributed by atoms with Crippen LogP contribution in [0.5, 0.6) is 0 Å². The van der Waals surface area contributed by atoms with Gasteiger partial charge in [-0.1, -0.05) is 25.4 Å². The highest BCUT2D eigenvalue weighted by molar-refractivity contribution is 6.31. The van der Waals surface area contributed by atoms with E-state index in [0.717, 1.165) is 24.2 Å². The van der Waals surface area contributed by atoms with E-state index in [1.54, 1.807) is 6.07 Å². The van der Waals surface area contributed by atoms with Crippen molar-refractivity contribution in [2.75, 3.05) is 0 Å². The molecule has 104 valence electrons. The Bertz CT molecular complexity index is 603. The molecule has 5 heteroatoms. The highest BCUT2D eigenvalue weighted by Gasteiger charge is 2.27. The van der Waals surface area contributed by atoms with Gasteiger partial charge in [-0.25, -0.2) is 9.37 Å². The maximum absolute atomic E-state index is 13.7. The molecule has 0 N–H and O–H groups in total. The average molecular weight is 303 g/mol. The molecule has 0 atom stereocenters. The number of imidazole rings is 1. The first-order chi connectivity index (χ1) is 8.96. The Labute approximate surface area is 122 Å². The first-order valence-corrected chi connectivity index (χ1v) is 7.31. The molecule has 1 aromatic heterocycles. The van der Waals surface area contributed by atoms with E-state index >= 15 is 0 Å². The van der Waals surface area contributed by atoms with Gasteiger partial charge < -0.3 is 4.57 Å². The van der Waals surface area contributed by atoms with E-state index in [1.165, 1.54) is 6.07 Å². The van der Waals surface area contributed by atoms with Crippen LogP contribution in [-0.2, 0) is 11.4 Å². The molecule has 0 bridgehead atoms. The van der Waals surface area contributed by atoms with Crippen LogP contribution in [0.3, 0.4) is 0 Å². The third-order valence-corrected chi connectivity index (χ3v) is 4.48. The van der Waals surface area contributed by atoms with Gasteiger partial charge in [0.05, 0.1) is 21.9 Å². The maximum atomic E-state index is 13.7. The number of fused-ring (bicyclic) bond motifs is 1. The highest BCUT2D eigenvalue weighted by Crippen LogP contribution is 2.33. The Morgan fingerprint density at radius 1 is 1.32 bits per heavy atom. The molecule has 0 saturated heterocycles. The molecule has 0 saturated carbocycles. The number of aromatic nitrogens is 2. The fraction of sp³-hybridized carbons (Fsp3) is 0.500. The molecule has 0 spiro atoms. The summed E-state index contributed by atoms with van der Waals surface area (Å²) in [5, 5.41) is 0.0907. The minimum Gasteiger partial charge on any atom is -0.321 e. The Morgan fingerprint density at radius 2 is 1.95 bits per heavy atom. The van der Waals surface area contributed by atoms with Crippen LogP contribution in [0, 0.1) is 5.82 Å². The van der Waals surface area contributed by atoms with Crippen LogP contribution in [-0.4, -0.2) is 9.55 Å². The van der Waals surface area contributed by atoms with Crippen molar-refractivity contribution in [3.8, 4) is 0 Å². The molecule has 0 unspecified atom stereocenters. The summed E-state index contributed by atoms with van der Waals surface area (Å²) in [6.07, 6.45) is 1.84. The number of rotatable bonds is 4. The van der Waals surface area contributed by atoms with Crippen molar-refractivity contribution in [1.82, 2.24) is 9.55 Å². The smallest absolute Gasteiger partial charge is 0.144 e. The van der Waals surface area contributed by atoms with Crippen molar-refractivity contribution in [3.63, 3.8) is 0 Å². The molecule has 1 aromatic carbocycles. The fourth-order valence-corrected chi connectivity index (χ4v) is 2.72. The first-order valence-electron chi connectivity index (χ1n) is 6.39. The summed E-state index contributed by atoms with van der Waals surface area (Å²) in [5.74, 6) is 0.624. The zero-order valence-corrected chi connectivity index (χ0v) is 12.8. The van der Waals surface area contributed by atoms with Gasteiger partial charge in [0.15, 0.2) is 0 Å². The minimum atomic E-state index is -0.425. The highest BCUT2D eigenvalue weighted by atomic mass is 35.5. The second-order valence-electron chi connectivity index (χ2n) is 4.96. The fourth-order valence-electron chi connectivity index (χ4n) is 2.38. The molecule has 2 aromatic rings. The van der Waals surface area contributed by atoms with Crippen molar-refractivity contribution in [2.45, 2.75) is 45.0 Å². The standard InChI is InChI=1S/C14H17Cl2FN2/c1-4-14(3,5-2)19-12-7-10(17)9(16)6-11(12)18-13(19)8-15/h6-7H,4-5,8H2,1-3H3. The lowest BCUT2D eigenvalue weighted by Gasteiger charge is -2.31. The quantitative estimate of drug-likeness (QED) is 0.718. The average Bonchev–Trinajstić information content (AvgIpc) is 2.76. The molecule has 2 rings (SSSR count).